The summed E-state index contributed by atoms with van der Waals surface area (Å²) in [5, 5.41) is 0. The van der Waals surface area contributed by atoms with Crippen LogP contribution in [-0.2, 0) is 5.54 Å². The minimum absolute atomic E-state index is 0.170. The maximum absolute atomic E-state index is 6.50. The second-order valence-corrected chi connectivity index (χ2v) is 7.84. The highest BCUT2D eigenvalue weighted by Gasteiger charge is 2.34. The van der Waals surface area contributed by atoms with Crippen LogP contribution in [-0.4, -0.2) is 27.5 Å². The van der Waals surface area contributed by atoms with Crippen LogP contribution >= 0.6 is 0 Å². The standard InChI is InChI=1S/C24H25N5O/c25-14-16-30-20-11-15-29-22(18-5-2-1-3-6-18)21(28-23(29)27-20)17-7-9-19(10-8-17)24(26)12-4-13-24/h1-3,5-11,15H,4,12-14,16,25-26H2. The molecule has 1 aliphatic rings. The molecule has 2 aromatic heterocycles. The number of aromatic nitrogens is 3. The van der Waals surface area contributed by atoms with Crippen molar-refractivity contribution in [2.45, 2.75) is 24.8 Å². The average Bonchev–Trinajstić information content (AvgIpc) is 3.15. The van der Waals surface area contributed by atoms with Crippen molar-refractivity contribution in [3.8, 4) is 28.4 Å². The first kappa shape index (κ1) is 18.8. The lowest BCUT2D eigenvalue weighted by atomic mass is 9.72. The van der Waals surface area contributed by atoms with Crippen LogP contribution in [0.2, 0.25) is 0 Å². The van der Waals surface area contributed by atoms with Crippen molar-refractivity contribution in [3.05, 3.63) is 72.4 Å². The first-order valence-corrected chi connectivity index (χ1v) is 10.4. The van der Waals surface area contributed by atoms with Crippen LogP contribution in [0.4, 0.5) is 0 Å². The number of nitrogens with two attached hydrogens (primary N) is 2. The van der Waals surface area contributed by atoms with E-state index in [2.05, 4.69) is 41.4 Å². The van der Waals surface area contributed by atoms with Crippen LogP contribution in [0.5, 0.6) is 5.88 Å². The van der Waals surface area contributed by atoms with Gasteiger partial charge in [0.25, 0.3) is 0 Å². The molecule has 0 aliphatic heterocycles. The molecule has 1 fully saturated rings. The summed E-state index contributed by atoms with van der Waals surface area (Å²) < 4.78 is 7.60. The van der Waals surface area contributed by atoms with Gasteiger partial charge in [0, 0.05) is 35.5 Å². The van der Waals surface area contributed by atoms with E-state index in [-0.39, 0.29) is 5.54 Å². The number of benzene rings is 2. The minimum Gasteiger partial charge on any atom is -0.476 e. The highest BCUT2D eigenvalue weighted by molar-refractivity contribution is 5.81. The average molecular weight is 399 g/mol. The second-order valence-electron chi connectivity index (χ2n) is 7.84. The van der Waals surface area contributed by atoms with E-state index in [1.54, 1.807) is 0 Å². The Bertz CT molecular complexity index is 1160. The van der Waals surface area contributed by atoms with Gasteiger partial charge in [0.2, 0.25) is 11.7 Å². The van der Waals surface area contributed by atoms with Gasteiger partial charge in [0.05, 0.1) is 11.4 Å². The predicted molar refractivity (Wildman–Crippen MR) is 118 cm³/mol. The minimum atomic E-state index is -0.170. The zero-order chi connectivity index (χ0) is 20.6. The molecule has 152 valence electrons. The molecule has 0 unspecified atom stereocenters. The summed E-state index contributed by atoms with van der Waals surface area (Å²) in [5.74, 6) is 1.12. The topological polar surface area (TPSA) is 91.5 Å². The number of ether oxygens (including phenoxy) is 1. The van der Waals surface area contributed by atoms with E-state index in [9.17, 15) is 0 Å². The Morgan fingerprint density at radius 2 is 1.70 bits per heavy atom. The first-order valence-electron chi connectivity index (χ1n) is 10.4. The highest BCUT2D eigenvalue weighted by Crippen LogP contribution is 2.40. The number of fused-ring (bicyclic) bond motifs is 1. The lowest BCUT2D eigenvalue weighted by Crippen LogP contribution is -2.43. The van der Waals surface area contributed by atoms with E-state index in [0.29, 0.717) is 24.8 Å². The molecular weight excluding hydrogens is 374 g/mol. The summed E-state index contributed by atoms with van der Waals surface area (Å²) in [7, 11) is 0. The molecule has 0 amide bonds. The maximum atomic E-state index is 6.50. The molecule has 4 aromatic rings. The zero-order valence-electron chi connectivity index (χ0n) is 16.8. The summed E-state index contributed by atoms with van der Waals surface area (Å²) in [6.07, 6.45) is 5.24. The quantitative estimate of drug-likeness (QED) is 0.515. The van der Waals surface area contributed by atoms with Crippen LogP contribution in [0.1, 0.15) is 24.8 Å². The number of hydrogen-bond acceptors (Lipinski definition) is 5. The summed E-state index contributed by atoms with van der Waals surface area (Å²) in [4.78, 5) is 9.44. The monoisotopic (exact) mass is 399 g/mol. The lowest BCUT2D eigenvalue weighted by Gasteiger charge is -2.38. The Labute approximate surface area is 175 Å². The van der Waals surface area contributed by atoms with E-state index in [1.165, 1.54) is 12.0 Å². The normalized spacial score (nSPS) is 15.1. The van der Waals surface area contributed by atoms with Gasteiger partial charge < -0.3 is 16.2 Å². The van der Waals surface area contributed by atoms with Crippen LogP contribution in [0.15, 0.2) is 66.9 Å². The highest BCUT2D eigenvalue weighted by atomic mass is 16.5. The molecule has 1 aliphatic carbocycles. The van der Waals surface area contributed by atoms with E-state index in [4.69, 9.17) is 21.2 Å². The summed E-state index contributed by atoms with van der Waals surface area (Å²) in [6.45, 7) is 0.862. The van der Waals surface area contributed by atoms with Crippen LogP contribution < -0.4 is 16.2 Å². The lowest BCUT2D eigenvalue weighted by molar-refractivity contribution is 0.253. The molecule has 0 bridgehead atoms. The largest absolute Gasteiger partial charge is 0.476 e. The molecule has 0 radical (unpaired) electrons. The maximum Gasteiger partial charge on any atom is 0.238 e. The Hall–Kier alpha value is -3.22. The van der Waals surface area contributed by atoms with Crippen molar-refractivity contribution in [2.75, 3.05) is 13.2 Å². The molecule has 5 rings (SSSR count). The molecule has 0 spiro atoms. The molecule has 1 saturated carbocycles. The molecule has 2 heterocycles. The van der Waals surface area contributed by atoms with Gasteiger partial charge in [-0.05, 0) is 24.8 Å². The summed E-state index contributed by atoms with van der Waals surface area (Å²) >= 11 is 0. The molecular formula is C24H25N5O. The molecule has 2 aromatic carbocycles. The van der Waals surface area contributed by atoms with Crippen LogP contribution in [0, 0.1) is 0 Å². The first-order chi connectivity index (χ1) is 14.7. The van der Waals surface area contributed by atoms with Crippen molar-refractivity contribution in [1.29, 1.82) is 0 Å². The van der Waals surface area contributed by atoms with Crippen LogP contribution in [0.25, 0.3) is 28.3 Å². The Morgan fingerprint density at radius 1 is 0.933 bits per heavy atom. The summed E-state index contributed by atoms with van der Waals surface area (Å²) in [5.41, 5.74) is 17.1. The van der Waals surface area contributed by atoms with Gasteiger partial charge in [-0.2, -0.15) is 4.98 Å². The Balaban J connectivity index is 1.62. The van der Waals surface area contributed by atoms with Crippen molar-refractivity contribution >= 4 is 5.78 Å². The van der Waals surface area contributed by atoms with E-state index < -0.39 is 0 Å². The van der Waals surface area contributed by atoms with E-state index in [0.717, 1.165) is 35.4 Å². The number of imidazole rings is 1. The van der Waals surface area contributed by atoms with Crippen molar-refractivity contribution in [2.24, 2.45) is 11.5 Å². The Morgan fingerprint density at radius 3 is 2.37 bits per heavy atom. The fraction of sp³-hybridized carbons (Fsp3) is 0.250. The molecule has 0 atom stereocenters. The van der Waals surface area contributed by atoms with Gasteiger partial charge in [-0.3, -0.25) is 4.40 Å². The molecule has 4 N–H and O–H groups in total. The fourth-order valence-electron chi connectivity index (χ4n) is 4.04. The predicted octanol–water partition coefficient (Wildman–Crippen LogP) is 3.74. The third-order valence-electron chi connectivity index (χ3n) is 5.86. The molecule has 6 heteroatoms. The zero-order valence-corrected chi connectivity index (χ0v) is 16.8. The van der Waals surface area contributed by atoms with E-state index in [1.807, 2.05) is 34.9 Å². The second kappa shape index (κ2) is 7.55. The smallest absolute Gasteiger partial charge is 0.238 e. The SMILES string of the molecule is NCCOc1ccn2c(-c3ccccc3)c(-c3ccc(C4(N)CCC4)cc3)nc2n1. The van der Waals surface area contributed by atoms with Gasteiger partial charge in [0.1, 0.15) is 6.61 Å². The van der Waals surface area contributed by atoms with Gasteiger partial charge >= 0.3 is 0 Å². The van der Waals surface area contributed by atoms with Gasteiger partial charge in [-0.1, -0.05) is 54.6 Å². The summed E-state index contributed by atoms with van der Waals surface area (Å²) in [6, 6.07) is 20.6. The van der Waals surface area contributed by atoms with Crippen LogP contribution in [0.3, 0.4) is 0 Å². The number of hydrogen-bond donors (Lipinski definition) is 2. The molecule has 0 saturated heterocycles. The molecule has 6 nitrogen and oxygen atoms in total. The van der Waals surface area contributed by atoms with Crippen molar-refractivity contribution in [1.82, 2.24) is 14.4 Å². The van der Waals surface area contributed by atoms with Gasteiger partial charge in [-0.15, -0.1) is 0 Å². The number of nitrogens with zero attached hydrogens (tertiary/aromatic N) is 3. The van der Waals surface area contributed by atoms with Gasteiger partial charge in [-0.25, -0.2) is 4.98 Å². The fourth-order valence-corrected chi connectivity index (χ4v) is 4.04. The van der Waals surface area contributed by atoms with E-state index >= 15 is 0 Å². The Kier molecular flexibility index (Phi) is 4.73. The number of rotatable bonds is 6. The third kappa shape index (κ3) is 3.24. The third-order valence-corrected chi connectivity index (χ3v) is 5.86. The molecule has 30 heavy (non-hydrogen) atoms. The van der Waals surface area contributed by atoms with Crippen molar-refractivity contribution < 1.29 is 4.74 Å². The van der Waals surface area contributed by atoms with Gasteiger partial charge in [0.15, 0.2) is 0 Å². The van der Waals surface area contributed by atoms with Crippen molar-refractivity contribution in [3.63, 3.8) is 0 Å².